The van der Waals surface area contributed by atoms with E-state index in [2.05, 4.69) is 10.3 Å². The Bertz CT molecular complexity index is 336. The summed E-state index contributed by atoms with van der Waals surface area (Å²) in [5.41, 5.74) is 1.01. The molecule has 0 unspecified atom stereocenters. The predicted octanol–water partition coefficient (Wildman–Crippen LogP) is 2.46. The lowest BCUT2D eigenvalue weighted by Crippen LogP contribution is -2.35. The Morgan fingerprint density at radius 2 is 2.20 bits per heavy atom. The van der Waals surface area contributed by atoms with Gasteiger partial charge in [0.2, 0.25) is 5.91 Å². The number of carbonyl (C=O) groups is 1. The summed E-state index contributed by atoms with van der Waals surface area (Å²) in [5.74, 6) is 0.0721. The third-order valence-electron chi connectivity index (χ3n) is 1.68. The second-order valence-electron chi connectivity index (χ2n) is 3.68. The highest BCUT2D eigenvalue weighted by Crippen LogP contribution is 2.26. The molecule has 1 aromatic rings. The maximum Gasteiger partial charge on any atom is 0.233 e. The van der Waals surface area contributed by atoms with Gasteiger partial charge >= 0.3 is 0 Å². The first kappa shape index (κ1) is 12.5. The highest BCUT2D eigenvalue weighted by Gasteiger charge is 2.16. The van der Waals surface area contributed by atoms with Gasteiger partial charge in [0, 0.05) is 17.1 Å². The Kier molecular flexibility index (Phi) is 4.60. The normalized spacial score (nSPS) is 12.9. The second-order valence-corrected chi connectivity index (χ2v) is 6.12. The van der Waals surface area contributed by atoms with Gasteiger partial charge in [0.25, 0.3) is 0 Å². The van der Waals surface area contributed by atoms with Gasteiger partial charge in [0.05, 0.1) is 5.25 Å². The van der Waals surface area contributed by atoms with E-state index in [0.29, 0.717) is 0 Å². The van der Waals surface area contributed by atoms with E-state index in [1.807, 2.05) is 33.1 Å². The van der Waals surface area contributed by atoms with Gasteiger partial charge in [-0.3, -0.25) is 4.79 Å². The van der Waals surface area contributed by atoms with Crippen LogP contribution in [0, 0.1) is 6.92 Å². The van der Waals surface area contributed by atoms with E-state index in [1.165, 1.54) is 11.8 Å². The van der Waals surface area contributed by atoms with Crippen LogP contribution in [0.2, 0.25) is 0 Å². The lowest BCUT2D eigenvalue weighted by molar-refractivity contribution is -0.120. The van der Waals surface area contributed by atoms with Gasteiger partial charge in [0.15, 0.2) is 4.34 Å². The van der Waals surface area contributed by atoms with Crippen molar-refractivity contribution in [2.45, 2.75) is 43.3 Å². The molecule has 0 aliphatic carbocycles. The summed E-state index contributed by atoms with van der Waals surface area (Å²) in [7, 11) is 0. The SMILES string of the molecule is Cc1csc(S[C@H](C)C(=O)NC(C)C)n1. The zero-order chi connectivity index (χ0) is 11.4. The minimum atomic E-state index is -0.0852. The lowest BCUT2D eigenvalue weighted by Gasteiger charge is -2.12. The molecule has 1 amide bonds. The van der Waals surface area contributed by atoms with Crippen LogP contribution in [-0.2, 0) is 4.79 Å². The number of rotatable bonds is 4. The molecule has 0 saturated carbocycles. The molecular formula is C10H16N2OS2. The summed E-state index contributed by atoms with van der Waals surface area (Å²) in [4.78, 5) is 15.9. The largest absolute Gasteiger partial charge is 0.353 e. The quantitative estimate of drug-likeness (QED) is 0.827. The number of thioether (sulfide) groups is 1. The summed E-state index contributed by atoms with van der Waals surface area (Å²) >= 11 is 3.10. The number of aromatic nitrogens is 1. The molecule has 0 aliphatic heterocycles. The second kappa shape index (κ2) is 5.51. The van der Waals surface area contributed by atoms with Crippen molar-refractivity contribution >= 4 is 29.0 Å². The van der Waals surface area contributed by atoms with Crippen LogP contribution in [-0.4, -0.2) is 22.2 Å². The van der Waals surface area contributed by atoms with E-state index in [1.54, 1.807) is 11.3 Å². The molecule has 0 spiro atoms. The Morgan fingerprint density at radius 3 is 2.67 bits per heavy atom. The van der Waals surface area contributed by atoms with E-state index in [0.717, 1.165) is 10.0 Å². The Labute approximate surface area is 98.7 Å². The van der Waals surface area contributed by atoms with E-state index in [4.69, 9.17) is 0 Å². The predicted molar refractivity (Wildman–Crippen MR) is 65.4 cm³/mol. The third kappa shape index (κ3) is 4.22. The molecule has 3 nitrogen and oxygen atoms in total. The molecule has 84 valence electrons. The molecule has 15 heavy (non-hydrogen) atoms. The number of carbonyl (C=O) groups excluding carboxylic acids is 1. The van der Waals surface area contributed by atoms with Gasteiger partial charge < -0.3 is 5.32 Å². The molecule has 1 aromatic heterocycles. The van der Waals surface area contributed by atoms with Crippen LogP contribution in [0.3, 0.4) is 0 Å². The molecule has 0 aromatic carbocycles. The maximum absolute atomic E-state index is 11.6. The summed E-state index contributed by atoms with van der Waals surface area (Å²) in [6, 6.07) is 0.193. The van der Waals surface area contributed by atoms with E-state index >= 15 is 0 Å². The fourth-order valence-corrected chi connectivity index (χ4v) is 2.99. The molecular weight excluding hydrogens is 228 g/mol. The molecule has 0 bridgehead atoms. The van der Waals surface area contributed by atoms with Crippen LogP contribution in [0.4, 0.5) is 0 Å². The van der Waals surface area contributed by atoms with Crippen molar-refractivity contribution in [2.24, 2.45) is 0 Å². The lowest BCUT2D eigenvalue weighted by atomic mass is 10.3. The number of nitrogens with one attached hydrogen (secondary N) is 1. The van der Waals surface area contributed by atoms with Crippen LogP contribution in [0.5, 0.6) is 0 Å². The topological polar surface area (TPSA) is 42.0 Å². The summed E-state index contributed by atoms with van der Waals surface area (Å²) in [6.07, 6.45) is 0. The van der Waals surface area contributed by atoms with Crippen LogP contribution in [0.25, 0.3) is 0 Å². The van der Waals surface area contributed by atoms with Crippen molar-refractivity contribution in [3.05, 3.63) is 11.1 Å². The average molecular weight is 244 g/mol. The minimum absolute atomic E-state index is 0.0721. The molecule has 0 radical (unpaired) electrons. The van der Waals surface area contributed by atoms with Crippen molar-refractivity contribution < 1.29 is 4.79 Å². The first-order valence-electron chi connectivity index (χ1n) is 4.88. The van der Waals surface area contributed by atoms with E-state index < -0.39 is 0 Å². The van der Waals surface area contributed by atoms with Crippen molar-refractivity contribution in [2.75, 3.05) is 0 Å². The Balaban J connectivity index is 2.48. The van der Waals surface area contributed by atoms with Gasteiger partial charge in [-0.05, 0) is 27.7 Å². The number of thiazole rings is 1. The first-order chi connectivity index (χ1) is 6.99. The van der Waals surface area contributed by atoms with Gasteiger partial charge in [-0.1, -0.05) is 11.8 Å². The number of amides is 1. The summed E-state index contributed by atoms with van der Waals surface area (Å²) < 4.78 is 0.957. The van der Waals surface area contributed by atoms with Crippen molar-refractivity contribution in [3.63, 3.8) is 0 Å². The molecule has 0 fully saturated rings. The zero-order valence-electron chi connectivity index (χ0n) is 9.40. The van der Waals surface area contributed by atoms with Crippen LogP contribution in [0.15, 0.2) is 9.72 Å². The highest BCUT2D eigenvalue weighted by molar-refractivity contribution is 8.02. The molecule has 0 saturated heterocycles. The summed E-state index contributed by atoms with van der Waals surface area (Å²) in [6.45, 7) is 7.78. The molecule has 1 N–H and O–H groups in total. The fraction of sp³-hybridized carbons (Fsp3) is 0.600. The maximum atomic E-state index is 11.6. The van der Waals surface area contributed by atoms with Crippen molar-refractivity contribution in [1.82, 2.24) is 10.3 Å². The smallest absolute Gasteiger partial charge is 0.233 e. The number of hydrogen-bond acceptors (Lipinski definition) is 4. The average Bonchev–Trinajstić information content (AvgIpc) is 2.50. The van der Waals surface area contributed by atoms with Crippen molar-refractivity contribution in [3.8, 4) is 0 Å². The first-order valence-corrected chi connectivity index (χ1v) is 6.64. The standard InChI is InChI=1S/C10H16N2OS2/c1-6(2)11-9(13)8(4)15-10-12-7(3)5-14-10/h5-6,8H,1-4H3,(H,11,13)/t8-/m1/s1. The van der Waals surface area contributed by atoms with Crippen LogP contribution >= 0.6 is 23.1 Å². The van der Waals surface area contributed by atoms with E-state index in [-0.39, 0.29) is 17.2 Å². The molecule has 5 heteroatoms. The molecule has 1 atom stereocenters. The number of aryl methyl sites for hydroxylation is 1. The number of nitrogens with zero attached hydrogens (tertiary/aromatic N) is 1. The van der Waals surface area contributed by atoms with Crippen LogP contribution < -0.4 is 5.32 Å². The minimum Gasteiger partial charge on any atom is -0.353 e. The van der Waals surface area contributed by atoms with Gasteiger partial charge in [-0.2, -0.15) is 0 Å². The third-order valence-corrected chi connectivity index (χ3v) is 3.87. The van der Waals surface area contributed by atoms with Gasteiger partial charge in [-0.25, -0.2) is 4.98 Å². The van der Waals surface area contributed by atoms with Gasteiger partial charge in [-0.15, -0.1) is 11.3 Å². The Hall–Kier alpha value is -0.550. The number of hydrogen-bond donors (Lipinski definition) is 1. The molecule has 0 aliphatic rings. The zero-order valence-corrected chi connectivity index (χ0v) is 11.0. The van der Waals surface area contributed by atoms with Gasteiger partial charge in [0.1, 0.15) is 0 Å². The van der Waals surface area contributed by atoms with Crippen LogP contribution in [0.1, 0.15) is 26.5 Å². The Morgan fingerprint density at radius 1 is 1.53 bits per heavy atom. The van der Waals surface area contributed by atoms with E-state index in [9.17, 15) is 4.79 Å². The fourth-order valence-electron chi connectivity index (χ4n) is 0.993. The molecule has 1 rings (SSSR count). The highest BCUT2D eigenvalue weighted by atomic mass is 32.2. The monoisotopic (exact) mass is 244 g/mol. The molecule has 1 heterocycles. The summed E-state index contributed by atoms with van der Waals surface area (Å²) in [5, 5.41) is 4.80. The van der Waals surface area contributed by atoms with Crippen molar-refractivity contribution in [1.29, 1.82) is 0 Å².